The molecule has 3 N–H and O–H groups in total. The molecule has 4 nitrogen and oxygen atoms in total. The van der Waals surface area contributed by atoms with E-state index in [0.717, 1.165) is 18.4 Å². The Bertz CT molecular complexity index is 487. The van der Waals surface area contributed by atoms with Gasteiger partial charge in [-0.2, -0.15) is 5.10 Å². The number of aromatic nitrogens is 2. The molecule has 0 aliphatic heterocycles. The van der Waals surface area contributed by atoms with Gasteiger partial charge >= 0.3 is 0 Å². The second kappa shape index (κ2) is 5.80. The van der Waals surface area contributed by atoms with Gasteiger partial charge < -0.3 is 0 Å². The van der Waals surface area contributed by atoms with Crippen LogP contribution >= 0.6 is 0 Å². The summed E-state index contributed by atoms with van der Waals surface area (Å²) in [6, 6.07) is 8.78. The fourth-order valence-electron chi connectivity index (χ4n) is 2.04. The molecule has 0 aliphatic rings. The average molecular weight is 244 g/mol. The SMILES string of the molecule is CCc1ccc(CC(NN)c2cnn(C)c2)cc1. The van der Waals surface area contributed by atoms with E-state index in [1.54, 1.807) is 4.68 Å². The molecule has 4 heteroatoms. The third kappa shape index (κ3) is 2.97. The number of hydrazine groups is 1. The molecule has 0 spiro atoms. The molecular weight excluding hydrogens is 224 g/mol. The summed E-state index contributed by atoms with van der Waals surface area (Å²) in [6.45, 7) is 2.16. The van der Waals surface area contributed by atoms with Crippen LogP contribution in [-0.4, -0.2) is 9.78 Å². The van der Waals surface area contributed by atoms with Crippen LogP contribution in [0.25, 0.3) is 0 Å². The zero-order valence-electron chi connectivity index (χ0n) is 10.9. The molecular formula is C14H20N4. The summed E-state index contributed by atoms with van der Waals surface area (Å²) in [5, 5.41) is 4.18. The molecule has 0 amide bonds. The smallest absolute Gasteiger partial charge is 0.0538 e. The fourth-order valence-corrected chi connectivity index (χ4v) is 2.04. The normalized spacial score (nSPS) is 12.6. The van der Waals surface area contributed by atoms with Gasteiger partial charge in [0.05, 0.1) is 12.2 Å². The van der Waals surface area contributed by atoms with Crippen molar-refractivity contribution >= 4 is 0 Å². The molecule has 1 atom stereocenters. The Kier molecular flexibility index (Phi) is 4.12. The number of hydrogen-bond acceptors (Lipinski definition) is 3. The maximum absolute atomic E-state index is 5.63. The van der Waals surface area contributed by atoms with E-state index < -0.39 is 0 Å². The Morgan fingerprint density at radius 3 is 2.44 bits per heavy atom. The van der Waals surface area contributed by atoms with Crippen LogP contribution in [0.2, 0.25) is 0 Å². The van der Waals surface area contributed by atoms with Crippen LogP contribution in [0.3, 0.4) is 0 Å². The van der Waals surface area contributed by atoms with Gasteiger partial charge in [0.15, 0.2) is 0 Å². The number of benzene rings is 1. The fraction of sp³-hybridized carbons (Fsp3) is 0.357. The summed E-state index contributed by atoms with van der Waals surface area (Å²) in [6.07, 6.45) is 5.78. The van der Waals surface area contributed by atoms with Crippen LogP contribution < -0.4 is 11.3 Å². The topological polar surface area (TPSA) is 55.9 Å². The Morgan fingerprint density at radius 2 is 1.94 bits per heavy atom. The minimum absolute atomic E-state index is 0.103. The van der Waals surface area contributed by atoms with Crippen LogP contribution in [0.4, 0.5) is 0 Å². The molecule has 0 saturated carbocycles. The summed E-state index contributed by atoms with van der Waals surface area (Å²) in [5.41, 5.74) is 6.60. The predicted octanol–water partition coefficient (Wildman–Crippen LogP) is 1.73. The van der Waals surface area contributed by atoms with Gasteiger partial charge in [-0.15, -0.1) is 0 Å². The Morgan fingerprint density at radius 1 is 1.28 bits per heavy atom. The van der Waals surface area contributed by atoms with Crippen molar-refractivity contribution in [2.24, 2.45) is 12.9 Å². The standard InChI is InChI=1S/C14H20N4/c1-3-11-4-6-12(7-5-11)8-14(17-15)13-9-16-18(2)10-13/h4-7,9-10,14,17H,3,8,15H2,1-2H3. The highest BCUT2D eigenvalue weighted by Crippen LogP contribution is 2.17. The van der Waals surface area contributed by atoms with E-state index in [1.165, 1.54) is 11.1 Å². The molecule has 1 aromatic heterocycles. The van der Waals surface area contributed by atoms with Crippen LogP contribution in [0.5, 0.6) is 0 Å². The predicted molar refractivity (Wildman–Crippen MR) is 72.8 cm³/mol. The summed E-state index contributed by atoms with van der Waals surface area (Å²) in [7, 11) is 1.91. The van der Waals surface area contributed by atoms with Gasteiger partial charge in [0.25, 0.3) is 0 Å². The molecule has 0 aliphatic carbocycles. The number of aryl methyl sites for hydroxylation is 2. The van der Waals surface area contributed by atoms with Crippen molar-refractivity contribution in [2.75, 3.05) is 0 Å². The lowest BCUT2D eigenvalue weighted by Crippen LogP contribution is -2.29. The Balaban J connectivity index is 2.10. The number of nitrogens with one attached hydrogen (secondary N) is 1. The summed E-state index contributed by atoms with van der Waals surface area (Å²) >= 11 is 0. The van der Waals surface area contributed by atoms with Crippen molar-refractivity contribution in [3.8, 4) is 0 Å². The minimum atomic E-state index is 0.103. The number of nitrogens with zero attached hydrogens (tertiary/aromatic N) is 2. The third-order valence-electron chi connectivity index (χ3n) is 3.20. The molecule has 2 aromatic rings. The van der Waals surface area contributed by atoms with Gasteiger partial charge in [-0.1, -0.05) is 31.2 Å². The number of rotatable bonds is 5. The van der Waals surface area contributed by atoms with Crippen molar-refractivity contribution in [1.29, 1.82) is 0 Å². The quantitative estimate of drug-likeness (QED) is 0.622. The molecule has 1 heterocycles. The Hall–Kier alpha value is -1.65. The highest BCUT2D eigenvalue weighted by molar-refractivity contribution is 5.25. The van der Waals surface area contributed by atoms with Gasteiger partial charge in [0.2, 0.25) is 0 Å². The first-order valence-corrected chi connectivity index (χ1v) is 6.25. The van der Waals surface area contributed by atoms with E-state index in [0.29, 0.717) is 0 Å². The largest absolute Gasteiger partial charge is 0.275 e. The van der Waals surface area contributed by atoms with Crippen LogP contribution in [0.1, 0.15) is 29.7 Å². The van der Waals surface area contributed by atoms with E-state index in [2.05, 4.69) is 41.7 Å². The number of hydrogen-bond donors (Lipinski definition) is 2. The molecule has 18 heavy (non-hydrogen) atoms. The number of nitrogens with two attached hydrogens (primary N) is 1. The van der Waals surface area contributed by atoms with Gasteiger partial charge in [-0.25, -0.2) is 0 Å². The molecule has 2 rings (SSSR count). The molecule has 0 fully saturated rings. The first-order valence-electron chi connectivity index (χ1n) is 6.25. The lowest BCUT2D eigenvalue weighted by Gasteiger charge is -2.14. The second-order valence-electron chi connectivity index (χ2n) is 4.54. The average Bonchev–Trinajstić information content (AvgIpc) is 2.83. The van der Waals surface area contributed by atoms with Crippen molar-refractivity contribution < 1.29 is 0 Å². The van der Waals surface area contributed by atoms with Gasteiger partial charge in [0, 0.05) is 18.8 Å². The Labute approximate surface area is 108 Å². The zero-order chi connectivity index (χ0) is 13.0. The highest BCUT2D eigenvalue weighted by atomic mass is 15.3. The maximum Gasteiger partial charge on any atom is 0.0538 e. The summed E-state index contributed by atoms with van der Waals surface area (Å²) < 4.78 is 1.79. The van der Waals surface area contributed by atoms with Crippen molar-refractivity contribution in [3.63, 3.8) is 0 Å². The van der Waals surface area contributed by atoms with E-state index >= 15 is 0 Å². The van der Waals surface area contributed by atoms with Crippen molar-refractivity contribution in [3.05, 3.63) is 53.3 Å². The van der Waals surface area contributed by atoms with Gasteiger partial charge in [0.1, 0.15) is 0 Å². The molecule has 0 saturated heterocycles. The second-order valence-corrected chi connectivity index (χ2v) is 4.54. The van der Waals surface area contributed by atoms with Crippen LogP contribution in [0, 0.1) is 0 Å². The maximum atomic E-state index is 5.63. The molecule has 96 valence electrons. The molecule has 1 aromatic carbocycles. The minimum Gasteiger partial charge on any atom is -0.275 e. The zero-order valence-corrected chi connectivity index (χ0v) is 10.9. The van der Waals surface area contributed by atoms with Gasteiger partial charge in [-0.3, -0.25) is 16.0 Å². The van der Waals surface area contributed by atoms with Crippen molar-refractivity contribution in [1.82, 2.24) is 15.2 Å². The monoisotopic (exact) mass is 244 g/mol. The highest BCUT2D eigenvalue weighted by Gasteiger charge is 2.12. The summed E-state index contributed by atoms with van der Waals surface area (Å²) in [5.74, 6) is 5.63. The van der Waals surface area contributed by atoms with E-state index in [9.17, 15) is 0 Å². The van der Waals surface area contributed by atoms with Crippen LogP contribution in [-0.2, 0) is 19.9 Å². The molecule has 0 radical (unpaired) electrons. The summed E-state index contributed by atoms with van der Waals surface area (Å²) in [4.78, 5) is 0. The van der Waals surface area contributed by atoms with Gasteiger partial charge in [-0.05, 0) is 24.0 Å². The first-order chi connectivity index (χ1) is 8.72. The van der Waals surface area contributed by atoms with E-state index in [4.69, 9.17) is 5.84 Å². The first kappa shape index (κ1) is 12.8. The lowest BCUT2D eigenvalue weighted by atomic mass is 10.0. The van der Waals surface area contributed by atoms with E-state index in [1.807, 2.05) is 19.4 Å². The molecule has 0 bridgehead atoms. The molecule has 1 unspecified atom stereocenters. The van der Waals surface area contributed by atoms with Crippen molar-refractivity contribution in [2.45, 2.75) is 25.8 Å². The lowest BCUT2D eigenvalue weighted by molar-refractivity contribution is 0.551. The van der Waals surface area contributed by atoms with E-state index in [-0.39, 0.29) is 6.04 Å². The third-order valence-corrected chi connectivity index (χ3v) is 3.20. The van der Waals surface area contributed by atoms with Crippen LogP contribution in [0.15, 0.2) is 36.7 Å².